The molecule has 0 radical (unpaired) electrons. The van der Waals surface area contributed by atoms with Crippen molar-refractivity contribution >= 4 is 17.9 Å². The predicted octanol–water partition coefficient (Wildman–Crippen LogP) is 2.53. The SMILES string of the molecule is COc1cccc(NC(=O)COc2ccc(C=O)cc2)c1. The molecule has 0 aromatic heterocycles. The van der Waals surface area contributed by atoms with Gasteiger partial charge in [0.05, 0.1) is 7.11 Å². The summed E-state index contributed by atoms with van der Waals surface area (Å²) in [6, 6.07) is 13.6. The predicted molar refractivity (Wildman–Crippen MR) is 78.9 cm³/mol. The van der Waals surface area contributed by atoms with Crippen LogP contribution in [0.4, 0.5) is 5.69 Å². The lowest BCUT2D eigenvalue weighted by Gasteiger charge is -2.08. The summed E-state index contributed by atoms with van der Waals surface area (Å²) in [4.78, 5) is 22.3. The summed E-state index contributed by atoms with van der Waals surface area (Å²) in [5.41, 5.74) is 1.20. The maximum atomic E-state index is 11.8. The molecule has 5 heteroatoms. The number of methoxy groups -OCH3 is 1. The Balaban J connectivity index is 1.87. The second kappa shape index (κ2) is 7.09. The van der Waals surface area contributed by atoms with Gasteiger partial charge in [-0.15, -0.1) is 0 Å². The van der Waals surface area contributed by atoms with Gasteiger partial charge in [-0.25, -0.2) is 0 Å². The second-order valence-corrected chi connectivity index (χ2v) is 4.26. The first-order valence-electron chi connectivity index (χ1n) is 6.33. The summed E-state index contributed by atoms with van der Waals surface area (Å²) in [6.07, 6.45) is 0.749. The highest BCUT2D eigenvalue weighted by molar-refractivity contribution is 5.92. The molecule has 0 heterocycles. The fourth-order valence-corrected chi connectivity index (χ4v) is 1.69. The molecule has 2 aromatic carbocycles. The smallest absolute Gasteiger partial charge is 0.262 e. The number of amides is 1. The van der Waals surface area contributed by atoms with Gasteiger partial charge in [-0.2, -0.15) is 0 Å². The zero-order valence-corrected chi connectivity index (χ0v) is 11.5. The average Bonchev–Trinajstić information content (AvgIpc) is 2.53. The third-order valence-corrected chi connectivity index (χ3v) is 2.74. The lowest BCUT2D eigenvalue weighted by atomic mass is 10.2. The van der Waals surface area contributed by atoms with Gasteiger partial charge in [0, 0.05) is 17.3 Å². The van der Waals surface area contributed by atoms with Gasteiger partial charge in [-0.3, -0.25) is 9.59 Å². The van der Waals surface area contributed by atoms with Crippen LogP contribution < -0.4 is 14.8 Å². The van der Waals surface area contributed by atoms with Crippen molar-refractivity contribution in [3.8, 4) is 11.5 Å². The number of nitrogens with one attached hydrogen (secondary N) is 1. The normalized spacial score (nSPS) is 9.76. The quantitative estimate of drug-likeness (QED) is 0.828. The van der Waals surface area contributed by atoms with Crippen molar-refractivity contribution in [1.82, 2.24) is 0 Å². The van der Waals surface area contributed by atoms with Crippen molar-refractivity contribution < 1.29 is 19.1 Å². The van der Waals surface area contributed by atoms with Gasteiger partial charge < -0.3 is 14.8 Å². The van der Waals surface area contributed by atoms with Crippen molar-refractivity contribution in [3.63, 3.8) is 0 Å². The van der Waals surface area contributed by atoms with E-state index in [1.54, 1.807) is 55.6 Å². The van der Waals surface area contributed by atoms with E-state index in [9.17, 15) is 9.59 Å². The number of hydrogen-bond donors (Lipinski definition) is 1. The van der Waals surface area contributed by atoms with Crippen LogP contribution in [0.2, 0.25) is 0 Å². The van der Waals surface area contributed by atoms with E-state index in [1.165, 1.54) is 0 Å². The minimum Gasteiger partial charge on any atom is -0.497 e. The zero-order valence-electron chi connectivity index (χ0n) is 11.5. The van der Waals surface area contributed by atoms with E-state index in [-0.39, 0.29) is 12.5 Å². The second-order valence-electron chi connectivity index (χ2n) is 4.26. The number of hydrogen-bond acceptors (Lipinski definition) is 4. The lowest BCUT2D eigenvalue weighted by molar-refractivity contribution is -0.118. The highest BCUT2D eigenvalue weighted by Gasteiger charge is 2.04. The van der Waals surface area contributed by atoms with Crippen LogP contribution in [0, 0.1) is 0 Å². The minimum atomic E-state index is -0.275. The summed E-state index contributed by atoms with van der Waals surface area (Å²) in [7, 11) is 1.56. The van der Waals surface area contributed by atoms with Crippen LogP contribution in [0.3, 0.4) is 0 Å². The first-order chi connectivity index (χ1) is 10.2. The molecule has 1 amide bonds. The van der Waals surface area contributed by atoms with Gasteiger partial charge in [0.2, 0.25) is 0 Å². The molecule has 0 bridgehead atoms. The Kier molecular flexibility index (Phi) is 4.93. The standard InChI is InChI=1S/C16H15NO4/c1-20-15-4-2-3-13(9-15)17-16(19)11-21-14-7-5-12(10-18)6-8-14/h2-10H,11H2,1H3,(H,17,19). The Bertz CT molecular complexity index is 622. The Morgan fingerprint density at radius 1 is 1.14 bits per heavy atom. The van der Waals surface area contributed by atoms with E-state index in [0.717, 1.165) is 6.29 Å². The molecule has 0 saturated heterocycles. The Hall–Kier alpha value is -2.82. The molecule has 0 fully saturated rings. The molecule has 0 aliphatic carbocycles. The van der Waals surface area contributed by atoms with Crippen molar-refractivity contribution in [3.05, 3.63) is 54.1 Å². The Morgan fingerprint density at radius 3 is 2.57 bits per heavy atom. The van der Waals surface area contributed by atoms with Gasteiger partial charge in [-0.05, 0) is 36.4 Å². The van der Waals surface area contributed by atoms with E-state index in [1.807, 2.05) is 0 Å². The average molecular weight is 285 g/mol. The molecule has 0 saturated carbocycles. The summed E-state index contributed by atoms with van der Waals surface area (Å²) < 4.78 is 10.4. The number of ether oxygens (including phenoxy) is 2. The van der Waals surface area contributed by atoms with Crippen LogP contribution in [0.5, 0.6) is 11.5 Å². The number of anilines is 1. The molecule has 0 atom stereocenters. The van der Waals surface area contributed by atoms with Crippen LogP contribution in [0.25, 0.3) is 0 Å². The molecule has 21 heavy (non-hydrogen) atoms. The molecule has 0 spiro atoms. The van der Waals surface area contributed by atoms with E-state index >= 15 is 0 Å². The molecule has 0 unspecified atom stereocenters. The van der Waals surface area contributed by atoms with Crippen LogP contribution in [-0.4, -0.2) is 25.9 Å². The Labute approximate surface area is 122 Å². The van der Waals surface area contributed by atoms with E-state index in [2.05, 4.69) is 5.32 Å². The zero-order chi connectivity index (χ0) is 15.1. The number of carbonyl (C=O) groups is 2. The number of rotatable bonds is 6. The maximum absolute atomic E-state index is 11.8. The molecule has 0 aliphatic heterocycles. The van der Waals surface area contributed by atoms with Crippen molar-refractivity contribution in [2.75, 3.05) is 19.0 Å². The van der Waals surface area contributed by atoms with Gasteiger partial charge in [0.15, 0.2) is 6.61 Å². The van der Waals surface area contributed by atoms with Crippen LogP contribution in [-0.2, 0) is 4.79 Å². The molecule has 2 rings (SSSR count). The van der Waals surface area contributed by atoms with E-state index in [4.69, 9.17) is 9.47 Å². The van der Waals surface area contributed by atoms with Crippen molar-refractivity contribution in [2.24, 2.45) is 0 Å². The van der Waals surface area contributed by atoms with Gasteiger partial charge in [0.1, 0.15) is 17.8 Å². The first kappa shape index (κ1) is 14.6. The molecule has 1 N–H and O–H groups in total. The third kappa shape index (κ3) is 4.35. The number of benzene rings is 2. The minimum absolute atomic E-state index is 0.113. The van der Waals surface area contributed by atoms with Crippen LogP contribution >= 0.6 is 0 Å². The van der Waals surface area contributed by atoms with Gasteiger partial charge in [0.25, 0.3) is 5.91 Å². The molecular weight excluding hydrogens is 270 g/mol. The highest BCUT2D eigenvalue weighted by Crippen LogP contribution is 2.16. The van der Waals surface area contributed by atoms with Crippen LogP contribution in [0.1, 0.15) is 10.4 Å². The fourth-order valence-electron chi connectivity index (χ4n) is 1.69. The van der Waals surface area contributed by atoms with Crippen molar-refractivity contribution in [1.29, 1.82) is 0 Å². The topological polar surface area (TPSA) is 64.6 Å². The monoisotopic (exact) mass is 285 g/mol. The van der Waals surface area contributed by atoms with Gasteiger partial charge >= 0.3 is 0 Å². The number of carbonyl (C=O) groups excluding carboxylic acids is 2. The van der Waals surface area contributed by atoms with Crippen molar-refractivity contribution in [2.45, 2.75) is 0 Å². The summed E-state index contributed by atoms with van der Waals surface area (Å²) in [5.74, 6) is 0.919. The molecule has 0 aliphatic rings. The maximum Gasteiger partial charge on any atom is 0.262 e. The van der Waals surface area contributed by atoms with E-state index < -0.39 is 0 Å². The molecular formula is C16H15NO4. The molecule has 2 aromatic rings. The Morgan fingerprint density at radius 2 is 1.90 bits per heavy atom. The van der Waals surface area contributed by atoms with E-state index in [0.29, 0.717) is 22.7 Å². The fraction of sp³-hybridized carbons (Fsp3) is 0.125. The molecule has 108 valence electrons. The summed E-state index contributed by atoms with van der Waals surface area (Å²) in [6.45, 7) is -0.113. The highest BCUT2D eigenvalue weighted by atomic mass is 16.5. The summed E-state index contributed by atoms with van der Waals surface area (Å²) >= 11 is 0. The van der Waals surface area contributed by atoms with Crippen LogP contribution in [0.15, 0.2) is 48.5 Å². The number of aldehydes is 1. The molecule has 5 nitrogen and oxygen atoms in total. The summed E-state index contributed by atoms with van der Waals surface area (Å²) in [5, 5.41) is 2.71. The third-order valence-electron chi connectivity index (χ3n) is 2.74. The largest absolute Gasteiger partial charge is 0.497 e. The lowest BCUT2D eigenvalue weighted by Crippen LogP contribution is -2.20. The first-order valence-corrected chi connectivity index (χ1v) is 6.33. The van der Waals surface area contributed by atoms with Gasteiger partial charge in [-0.1, -0.05) is 6.07 Å².